The number of carbonyl (C=O) groups is 1. The zero-order chi connectivity index (χ0) is 14.0. The molecule has 2 aromatic carbocycles. The molecule has 0 unspecified atom stereocenters. The van der Waals surface area contributed by atoms with Crippen LogP contribution in [0.25, 0.3) is 0 Å². The standard InChI is InChI=1S/C14H8BrClF2O/c15-9-2-1-8(12(17)6-9)5-14(19)11-4-3-10(16)7-13(11)18/h1-4,6-7H,5H2. The third-order valence-electron chi connectivity index (χ3n) is 2.60. The molecule has 2 rings (SSSR count). The van der Waals surface area contributed by atoms with E-state index >= 15 is 0 Å². The van der Waals surface area contributed by atoms with Crippen LogP contribution in [0, 0.1) is 11.6 Å². The van der Waals surface area contributed by atoms with E-state index in [-0.39, 0.29) is 22.6 Å². The van der Waals surface area contributed by atoms with Crippen molar-refractivity contribution in [1.82, 2.24) is 0 Å². The summed E-state index contributed by atoms with van der Waals surface area (Å²) in [6, 6.07) is 8.18. The Morgan fingerprint density at radius 2 is 1.84 bits per heavy atom. The van der Waals surface area contributed by atoms with Gasteiger partial charge in [0.1, 0.15) is 11.6 Å². The van der Waals surface area contributed by atoms with Crippen LogP contribution in [0.4, 0.5) is 8.78 Å². The highest BCUT2D eigenvalue weighted by Crippen LogP contribution is 2.19. The first-order chi connectivity index (χ1) is 8.97. The molecule has 19 heavy (non-hydrogen) atoms. The molecular formula is C14H8BrClF2O. The van der Waals surface area contributed by atoms with Crippen LogP contribution in [-0.4, -0.2) is 5.78 Å². The Morgan fingerprint density at radius 3 is 2.47 bits per heavy atom. The van der Waals surface area contributed by atoms with Gasteiger partial charge in [-0.1, -0.05) is 33.6 Å². The van der Waals surface area contributed by atoms with Gasteiger partial charge >= 0.3 is 0 Å². The van der Waals surface area contributed by atoms with Gasteiger partial charge < -0.3 is 0 Å². The van der Waals surface area contributed by atoms with Crippen molar-refractivity contribution in [3.8, 4) is 0 Å². The molecule has 98 valence electrons. The molecule has 0 atom stereocenters. The van der Waals surface area contributed by atoms with E-state index in [1.165, 1.54) is 24.3 Å². The molecule has 0 radical (unpaired) electrons. The van der Waals surface area contributed by atoms with Crippen LogP contribution in [0.1, 0.15) is 15.9 Å². The summed E-state index contributed by atoms with van der Waals surface area (Å²) in [7, 11) is 0. The molecule has 0 aromatic heterocycles. The fraction of sp³-hybridized carbons (Fsp3) is 0.0714. The first-order valence-corrected chi connectivity index (χ1v) is 6.56. The number of ketones is 1. The molecule has 0 aliphatic rings. The highest BCUT2D eigenvalue weighted by molar-refractivity contribution is 9.10. The average molecular weight is 346 g/mol. The Hall–Kier alpha value is -1.26. The molecule has 0 saturated heterocycles. The number of hydrogen-bond donors (Lipinski definition) is 0. The molecule has 0 fully saturated rings. The summed E-state index contributed by atoms with van der Waals surface area (Å²) in [6.45, 7) is 0. The maximum atomic E-state index is 13.6. The van der Waals surface area contributed by atoms with Gasteiger partial charge in [-0.15, -0.1) is 0 Å². The van der Waals surface area contributed by atoms with Crippen molar-refractivity contribution in [3.05, 3.63) is 68.7 Å². The normalized spacial score (nSPS) is 10.5. The summed E-state index contributed by atoms with van der Waals surface area (Å²) in [5, 5.41) is 0.212. The third-order valence-corrected chi connectivity index (χ3v) is 3.33. The summed E-state index contributed by atoms with van der Waals surface area (Å²) < 4.78 is 27.7. The van der Waals surface area contributed by atoms with Crippen LogP contribution in [0.3, 0.4) is 0 Å². The van der Waals surface area contributed by atoms with E-state index < -0.39 is 17.4 Å². The lowest BCUT2D eigenvalue weighted by Crippen LogP contribution is -2.07. The molecule has 0 bridgehead atoms. The number of rotatable bonds is 3. The van der Waals surface area contributed by atoms with E-state index in [1.54, 1.807) is 6.07 Å². The zero-order valence-corrected chi connectivity index (χ0v) is 11.9. The van der Waals surface area contributed by atoms with Crippen molar-refractivity contribution < 1.29 is 13.6 Å². The van der Waals surface area contributed by atoms with Crippen LogP contribution in [0.5, 0.6) is 0 Å². The van der Waals surface area contributed by atoms with Gasteiger partial charge in [-0.2, -0.15) is 0 Å². The van der Waals surface area contributed by atoms with Crippen molar-refractivity contribution in [2.45, 2.75) is 6.42 Å². The fourth-order valence-electron chi connectivity index (χ4n) is 1.65. The lowest BCUT2D eigenvalue weighted by Gasteiger charge is -2.05. The highest BCUT2D eigenvalue weighted by Gasteiger charge is 2.14. The third kappa shape index (κ3) is 3.39. The number of Topliss-reactive ketones (excluding diaryl/α,β-unsaturated/α-hetero) is 1. The lowest BCUT2D eigenvalue weighted by atomic mass is 10.0. The van der Waals surface area contributed by atoms with E-state index in [2.05, 4.69) is 15.9 Å². The van der Waals surface area contributed by atoms with Crippen molar-refractivity contribution >= 4 is 33.3 Å². The molecule has 0 aliphatic heterocycles. The molecule has 0 saturated carbocycles. The van der Waals surface area contributed by atoms with Crippen LogP contribution in [0.2, 0.25) is 5.02 Å². The first-order valence-electron chi connectivity index (χ1n) is 5.39. The molecule has 2 aromatic rings. The Balaban J connectivity index is 2.25. The van der Waals surface area contributed by atoms with Gasteiger partial charge in [0.05, 0.1) is 5.56 Å². The molecular weight excluding hydrogens is 338 g/mol. The van der Waals surface area contributed by atoms with Crippen LogP contribution < -0.4 is 0 Å². The molecule has 5 heteroatoms. The maximum Gasteiger partial charge on any atom is 0.170 e. The van der Waals surface area contributed by atoms with Crippen LogP contribution >= 0.6 is 27.5 Å². The second-order valence-electron chi connectivity index (χ2n) is 3.96. The van der Waals surface area contributed by atoms with E-state index in [0.717, 1.165) is 6.07 Å². The Labute approximate surface area is 122 Å². The summed E-state index contributed by atoms with van der Waals surface area (Å²) in [6.07, 6.45) is -0.197. The van der Waals surface area contributed by atoms with Crippen LogP contribution in [-0.2, 0) is 6.42 Å². The Bertz CT molecular complexity index is 643. The molecule has 0 spiro atoms. The van der Waals surface area contributed by atoms with Gasteiger partial charge in [-0.05, 0) is 35.9 Å². The smallest absolute Gasteiger partial charge is 0.170 e. The SMILES string of the molecule is O=C(Cc1ccc(Br)cc1F)c1ccc(Cl)cc1F. The van der Waals surface area contributed by atoms with E-state index in [0.29, 0.717) is 4.47 Å². The van der Waals surface area contributed by atoms with Gasteiger partial charge in [0, 0.05) is 15.9 Å². The minimum absolute atomic E-state index is 0.0910. The largest absolute Gasteiger partial charge is 0.294 e. The minimum Gasteiger partial charge on any atom is -0.294 e. The van der Waals surface area contributed by atoms with Gasteiger partial charge in [0.15, 0.2) is 5.78 Å². The van der Waals surface area contributed by atoms with Crippen molar-refractivity contribution in [1.29, 1.82) is 0 Å². The van der Waals surface area contributed by atoms with Crippen molar-refractivity contribution in [3.63, 3.8) is 0 Å². The second-order valence-corrected chi connectivity index (χ2v) is 5.31. The second kappa shape index (κ2) is 5.80. The summed E-state index contributed by atoms with van der Waals surface area (Å²) >= 11 is 8.74. The summed E-state index contributed by atoms with van der Waals surface area (Å²) in [5.74, 6) is -1.69. The number of carbonyl (C=O) groups excluding carboxylic acids is 1. The molecule has 0 amide bonds. The number of halogens is 4. The van der Waals surface area contributed by atoms with Crippen LogP contribution in [0.15, 0.2) is 40.9 Å². The van der Waals surface area contributed by atoms with Gasteiger partial charge in [0.2, 0.25) is 0 Å². The Morgan fingerprint density at radius 1 is 1.11 bits per heavy atom. The number of benzene rings is 2. The minimum atomic E-state index is -0.699. The topological polar surface area (TPSA) is 17.1 Å². The molecule has 0 aliphatic carbocycles. The van der Waals surface area contributed by atoms with Gasteiger partial charge in [0.25, 0.3) is 0 Å². The van der Waals surface area contributed by atoms with Crippen molar-refractivity contribution in [2.75, 3.05) is 0 Å². The lowest BCUT2D eigenvalue weighted by molar-refractivity contribution is 0.0988. The fourth-order valence-corrected chi connectivity index (χ4v) is 2.14. The first kappa shape index (κ1) is 14.2. The average Bonchev–Trinajstić information content (AvgIpc) is 2.32. The van der Waals surface area contributed by atoms with E-state index in [1.807, 2.05) is 0 Å². The monoisotopic (exact) mass is 344 g/mol. The quantitative estimate of drug-likeness (QED) is 0.730. The predicted octanol–water partition coefficient (Wildman–Crippen LogP) is 4.81. The summed E-state index contributed by atoms with van der Waals surface area (Å²) in [4.78, 5) is 11.9. The number of hydrogen-bond acceptors (Lipinski definition) is 1. The molecule has 1 nitrogen and oxygen atoms in total. The Kier molecular flexibility index (Phi) is 4.32. The predicted molar refractivity (Wildman–Crippen MR) is 73.5 cm³/mol. The highest BCUT2D eigenvalue weighted by atomic mass is 79.9. The maximum absolute atomic E-state index is 13.6. The van der Waals surface area contributed by atoms with Gasteiger partial charge in [-0.3, -0.25) is 4.79 Å². The van der Waals surface area contributed by atoms with Crippen molar-refractivity contribution in [2.24, 2.45) is 0 Å². The van der Waals surface area contributed by atoms with E-state index in [4.69, 9.17) is 11.6 Å². The zero-order valence-electron chi connectivity index (χ0n) is 9.59. The van der Waals surface area contributed by atoms with E-state index in [9.17, 15) is 13.6 Å². The summed E-state index contributed by atoms with van der Waals surface area (Å²) in [5.41, 5.74) is 0.134. The molecule has 0 heterocycles. The van der Waals surface area contributed by atoms with Gasteiger partial charge in [-0.25, -0.2) is 8.78 Å². The molecule has 0 N–H and O–H groups in total.